The number of aromatic hydroxyl groups is 1. The van der Waals surface area contributed by atoms with E-state index in [1.807, 2.05) is 63.2 Å². The molecule has 7 heteroatoms. The Morgan fingerprint density at radius 1 is 1.03 bits per heavy atom. The van der Waals surface area contributed by atoms with Gasteiger partial charge in [-0.1, -0.05) is 51.1 Å². The summed E-state index contributed by atoms with van der Waals surface area (Å²) in [5, 5.41) is 20.0. The summed E-state index contributed by atoms with van der Waals surface area (Å²) in [6.45, 7) is 7.72. The minimum atomic E-state index is -0.411. The van der Waals surface area contributed by atoms with Crippen LogP contribution in [0.5, 0.6) is 5.88 Å². The summed E-state index contributed by atoms with van der Waals surface area (Å²) in [5.74, 6) is 0.497. The van der Waals surface area contributed by atoms with Crippen molar-refractivity contribution in [2.45, 2.75) is 33.1 Å². The molecular formula is C23H23N5O2. The third-order valence-electron chi connectivity index (χ3n) is 4.81. The molecule has 0 atom stereocenters. The topological polar surface area (TPSA) is 85.3 Å². The summed E-state index contributed by atoms with van der Waals surface area (Å²) >= 11 is 0. The summed E-state index contributed by atoms with van der Waals surface area (Å²) in [6.07, 6.45) is 1.46. The van der Waals surface area contributed by atoms with Crippen LogP contribution in [-0.4, -0.2) is 30.8 Å². The molecule has 0 amide bonds. The first-order chi connectivity index (χ1) is 14.3. The minimum Gasteiger partial charge on any atom is -0.493 e. The predicted molar refractivity (Wildman–Crippen MR) is 118 cm³/mol. The summed E-state index contributed by atoms with van der Waals surface area (Å²) < 4.78 is 2.75. The van der Waals surface area contributed by atoms with Gasteiger partial charge in [-0.15, -0.1) is 0 Å². The molecular weight excluding hydrogens is 378 g/mol. The number of aryl methyl sites for hydroxylation is 1. The second kappa shape index (κ2) is 7.26. The lowest BCUT2D eigenvalue weighted by atomic mass is 9.95. The molecule has 2 heterocycles. The van der Waals surface area contributed by atoms with Gasteiger partial charge in [0, 0.05) is 5.41 Å². The van der Waals surface area contributed by atoms with Crippen molar-refractivity contribution in [1.29, 1.82) is 0 Å². The second-order valence-electron chi connectivity index (χ2n) is 8.13. The van der Waals surface area contributed by atoms with Crippen LogP contribution in [-0.2, 0) is 5.41 Å². The normalized spacial score (nSPS) is 12.1. The highest BCUT2D eigenvalue weighted by Gasteiger charge is 2.23. The van der Waals surface area contributed by atoms with Crippen LogP contribution in [0.4, 0.5) is 0 Å². The van der Waals surface area contributed by atoms with Gasteiger partial charge in [-0.05, 0) is 31.2 Å². The van der Waals surface area contributed by atoms with Crippen molar-refractivity contribution in [3.8, 4) is 11.6 Å². The first-order valence-electron chi connectivity index (χ1n) is 9.68. The molecule has 30 heavy (non-hydrogen) atoms. The summed E-state index contributed by atoms with van der Waals surface area (Å²) in [6, 6.07) is 16.5. The maximum Gasteiger partial charge on any atom is 0.282 e. The molecule has 0 bridgehead atoms. The SMILES string of the molecule is Cc1nn(-c2ccccc2)c(O)c1/C=N/n1c(C(C)(C)C)nc2ccccc2c1=O. The Hall–Kier alpha value is -3.74. The summed E-state index contributed by atoms with van der Waals surface area (Å²) in [7, 11) is 0. The van der Waals surface area contributed by atoms with Crippen LogP contribution in [0.2, 0.25) is 0 Å². The molecule has 4 aromatic rings. The van der Waals surface area contributed by atoms with E-state index in [1.54, 1.807) is 19.1 Å². The molecule has 0 aliphatic carbocycles. The van der Waals surface area contributed by atoms with E-state index in [0.29, 0.717) is 28.0 Å². The number of rotatable bonds is 3. The van der Waals surface area contributed by atoms with Crippen molar-refractivity contribution in [2.75, 3.05) is 0 Å². The molecule has 0 aliphatic rings. The third-order valence-corrected chi connectivity index (χ3v) is 4.81. The molecule has 0 saturated heterocycles. The van der Waals surface area contributed by atoms with Crippen molar-refractivity contribution in [3.05, 3.63) is 82.0 Å². The van der Waals surface area contributed by atoms with Gasteiger partial charge in [0.25, 0.3) is 5.56 Å². The van der Waals surface area contributed by atoms with Gasteiger partial charge in [0.15, 0.2) is 0 Å². The van der Waals surface area contributed by atoms with Crippen LogP contribution >= 0.6 is 0 Å². The summed E-state index contributed by atoms with van der Waals surface area (Å²) in [4.78, 5) is 17.8. The fourth-order valence-corrected chi connectivity index (χ4v) is 3.26. The van der Waals surface area contributed by atoms with E-state index in [2.05, 4.69) is 15.2 Å². The molecule has 152 valence electrons. The fourth-order valence-electron chi connectivity index (χ4n) is 3.26. The van der Waals surface area contributed by atoms with Crippen LogP contribution in [0.1, 0.15) is 37.9 Å². The Kier molecular flexibility index (Phi) is 4.73. The molecule has 0 unspecified atom stereocenters. The van der Waals surface area contributed by atoms with Crippen molar-refractivity contribution in [2.24, 2.45) is 5.10 Å². The first kappa shape index (κ1) is 19.6. The van der Waals surface area contributed by atoms with Gasteiger partial charge >= 0.3 is 0 Å². The zero-order valence-electron chi connectivity index (χ0n) is 17.4. The molecule has 2 aromatic carbocycles. The molecule has 0 radical (unpaired) electrons. The number of hydrogen-bond donors (Lipinski definition) is 1. The Labute approximate surface area is 173 Å². The number of fused-ring (bicyclic) bond motifs is 1. The Bertz CT molecular complexity index is 1310. The van der Waals surface area contributed by atoms with Crippen LogP contribution in [0.3, 0.4) is 0 Å². The van der Waals surface area contributed by atoms with Crippen molar-refractivity contribution >= 4 is 17.1 Å². The highest BCUT2D eigenvalue weighted by molar-refractivity contribution is 5.84. The van der Waals surface area contributed by atoms with E-state index >= 15 is 0 Å². The van der Waals surface area contributed by atoms with Crippen molar-refractivity contribution in [3.63, 3.8) is 0 Å². The fraction of sp³-hybridized carbons (Fsp3) is 0.217. The van der Waals surface area contributed by atoms with Crippen molar-refractivity contribution in [1.82, 2.24) is 19.4 Å². The lowest BCUT2D eigenvalue weighted by Gasteiger charge is -2.20. The number of hydrogen-bond acceptors (Lipinski definition) is 5. The van der Waals surface area contributed by atoms with E-state index in [1.165, 1.54) is 15.6 Å². The lowest BCUT2D eigenvalue weighted by Crippen LogP contribution is -2.29. The molecule has 0 saturated carbocycles. The number of benzene rings is 2. The van der Waals surface area contributed by atoms with E-state index in [9.17, 15) is 9.90 Å². The van der Waals surface area contributed by atoms with Crippen LogP contribution in [0, 0.1) is 6.92 Å². The molecule has 2 aromatic heterocycles. The standard InChI is InChI=1S/C23H23N5O2/c1-15-18(21(30)27(26-15)16-10-6-5-7-11-16)14-24-28-20(29)17-12-8-9-13-19(17)25-22(28)23(2,3)4/h5-14,30H,1-4H3/b24-14+. The van der Waals surface area contributed by atoms with Gasteiger partial charge in [-0.2, -0.15) is 14.9 Å². The van der Waals surface area contributed by atoms with Crippen LogP contribution in [0.15, 0.2) is 64.5 Å². The van der Waals surface area contributed by atoms with Gasteiger partial charge < -0.3 is 5.11 Å². The lowest BCUT2D eigenvalue weighted by molar-refractivity contribution is 0.433. The van der Waals surface area contributed by atoms with Crippen molar-refractivity contribution < 1.29 is 5.11 Å². The second-order valence-corrected chi connectivity index (χ2v) is 8.13. The van der Waals surface area contributed by atoms with Gasteiger partial charge in [-0.3, -0.25) is 4.79 Å². The van der Waals surface area contributed by atoms with Gasteiger partial charge in [0.2, 0.25) is 5.88 Å². The molecule has 0 fully saturated rings. The molecule has 7 nitrogen and oxygen atoms in total. The highest BCUT2D eigenvalue weighted by Crippen LogP contribution is 2.24. The Morgan fingerprint density at radius 3 is 2.40 bits per heavy atom. The van der Waals surface area contributed by atoms with E-state index in [4.69, 9.17) is 0 Å². The third kappa shape index (κ3) is 3.39. The van der Waals surface area contributed by atoms with Crippen LogP contribution in [0.25, 0.3) is 16.6 Å². The van der Waals surface area contributed by atoms with E-state index in [0.717, 1.165) is 5.69 Å². The Balaban J connectivity index is 1.87. The Morgan fingerprint density at radius 2 is 1.70 bits per heavy atom. The minimum absolute atomic E-state index is 0.0402. The highest BCUT2D eigenvalue weighted by atomic mass is 16.3. The average Bonchev–Trinajstić information content (AvgIpc) is 3.01. The molecule has 1 N–H and O–H groups in total. The quantitative estimate of drug-likeness (QED) is 0.530. The van der Waals surface area contributed by atoms with Crippen LogP contribution < -0.4 is 5.56 Å². The van der Waals surface area contributed by atoms with E-state index in [-0.39, 0.29) is 11.4 Å². The molecule has 4 rings (SSSR count). The number of aromatic nitrogens is 4. The van der Waals surface area contributed by atoms with Gasteiger partial charge in [0.1, 0.15) is 5.82 Å². The molecule has 0 spiro atoms. The number of nitrogens with zero attached hydrogens (tertiary/aromatic N) is 5. The average molecular weight is 401 g/mol. The van der Waals surface area contributed by atoms with Gasteiger partial charge in [0.05, 0.1) is 34.1 Å². The van der Waals surface area contributed by atoms with E-state index < -0.39 is 5.41 Å². The maximum absolute atomic E-state index is 13.1. The summed E-state index contributed by atoms with van der Waals surface area (Å²) in [5.41, 5.74) is 1.74. The smallest absolute Gasteiger partial charge is 0.282 e. The molecule has 0 aliphatic heterocycles. The largest absolute Gasteiger partial charge is 0.493 e. The maximum atomic E-state index is 13.1. The monoisotopic (exact) mass is 401 g/mol. The first-order valence-corrected chi connectivity index (χ1v) is 9.68. The number of para-hydroxylation sites is 2. The predicted octanol–water partition coefficient (Wildman–Crippen LogP) is 3.78. The van der Waals surface area contributed by atoms with Gasteiger partial charge in [-0.25, -0.2) is 9.67 Å². The zero-order valence-corrected chi connectivity index (χ0v) is 17.4. The zero-order chi connectivity index (χ0) is 21.5.